The maximum atomic E-state index is 6.16. The second-order valence-corrected chi connectivity index (χ2v) is 13.1. The maximum Gasteiger partial charge on any atom is 0.161 e. The zero-order chi connectivity index (χ0) is 31.5. The minimum absolute atomic E-state index is 0.450. The quantitative estimate of drug-likeness (QED) is 0.198. The van der Waals surface area contributed by atoms with E-state index in [1.807, 2.05) is 0 Å². The molecule has 0 atom stereocenters. The molecule has 0 amide bonds. The minimum atomic E-state index is -0.450. The third kappa shape index (κ3) is 4.43. The lowest BCUT2D eigenvalue weighted by atomic mass is 9.67. The van der Waals surface area contributed by atoms with Gasteiger partial charge in [-0.15, -0.1) is 0 Å². The van der Waals surface area contributed by atoms with Crippen molar-refractivity contribution in [3.05, 3.63) is 178 Å². The molecule has 2 heterocycles. The van der Waals surface area contributed by atoms with E-state index in [-0.39, 0.29) is 0 Å². The monoisotopic (exact) mass is 612 g/mol. The standard InChI is InChI=1S/C43H36N2O2/c1-29-11-21-41-31(23-29)25-44(27-46-41)35-17-13-33(14-18-35)43(39-9-5-3-7-37(39)38-8-4-6-10-40(38)43)34-15-19-36(20-16-34)45-26-32-24-30(2)12-22-42(32)47-28-45/h3-24H,25-28H2,1-2H3. The molecular formula is C43H36N2O2. The van der Waals surface area contributed by atoms with E-state index in [4.69, 9.17) is 9.47 Å². The highest BCUT2D eigenvalue weighted by molar-refractivity contribution is 5.86. The van der Waals surface area contributed by atoms with Crippen molar-refractivity contribution in [1.29, 1.82) is 0 Å². The molecule has 0 fully saturated rings. The fourth-order valence-electron chi connectivity index (χ4n) is 7.94. The molecule has 0 saturated carbocycles. The zero-order valence-electron chi connectivity index (χ0n) is 26.7. The Morgan fingerprint density at radius 2 is 0.915 bits per heavy atom. The lowest BCUT2D eigenvalue weighted by Gasteiger charge is -2.36. The summed E-state index contributed by atoms with van der Waals surface area (Å²) in [7, 11) is 0. The first kappa shape index (κ1) is 27.8. The topological polar surface area (TPSA) is 24.9 Å². The second kappa shape index (κ2) is 10.8. The largest absolute Gasteiger partial charge is 0.473 e. The Morgan fingerprint density at radius 3 is 1.36 bits per heavy atom. The Balaban J connectivity index is 1.12. The summed E-state index contributed by atoms with van der Waals surface area (Å²) in [5, 5.41) is 0. The van der Waals surface area contributed by atoms with Gasteiger partial charge in [-0.25, -0.2) is 0 Å². The summed E-state index contributed by atoms with van der Waals surface area (Å²) in [5.41, 5.74) is 14.6. The normalized spacial score (nSPS) is 15.5. The van der Waals surface area contributed by atoms with Crippen LogP contribution in [-0.4, -0.2) is 13.5 Å². The van der Waals surface area contributed by atoms with Gasteiger partial charge in [0.25, 0.3) is 0 Å². The molecule has 0 unspecified atom stereocenters. The highest BCUT2D eigenvalue weighted by Gasteiger charge is 2.46. The van der Waals surface area contributed by atoms with Crippen LogP contribution in [0.2, 0.25) is 0 Å². The average Bonchev–Trinajstić information content (AvgIpc) is 3.42. The summed E-state index contributed by atoms with van der Waals surface area (Å²) in [6.07, 6.45) is 0. The molecule has 0 saturated heterocycles. The van der Waals surface area contributed by atoms with Crippen LogP contribution in [0.15, 0.2) is 133 Å². The van der Waals surface area contributed by atoms with Gasteiger partial charge < -0.3 is 19.3 Å². The molecule has 2 aliphatic heterocycles. The van der Waals surface area contributed by atoms with Crippen LogP contribution in [0.25, 0.3) is 11.1 Å². The molecule has 6 aromatic rings. The Bertz CT molecular complexity index is 1980. The molecule has 3 aliphatic rings. The summed E-state index contributed by atoms with van der Waals surface area (Å²) >= 11 is 0. The van der Waals surface area contributed by atoms with E-state index in [1.54, 1.807) is 0 Å². The van der Waals surface area contributed by atoms with Crippen LogP contribution >= 0.6 is 0 Å². The molecule has 1 aliphatic carbocycles. The van der Waals surface area contributed by atoms with Crippen LogP contribution < -0.4 is 19.3 Å². The maximum absolute atomic E-state index is 6.16. The van der Waals surface area contributed by atoms with E-state index in [0.29, 0.717) is 13.5 Å². The summed E-state index contributed by atoms with van der Waals surface area (Å²) in [6.45, 7) is 7.02. The number of aryl methyl sites for hydroxylation is 2. The van der Waals surface area contributed by atoms with Crippen molar-refractivity contribution in [2.24, 2.45) is 0 Å². The molecule has 0 N–H and O–H groups in total. The number of fused-ring (bicyclic) bond motifs is 5. The molecule has 6 aromatic carbocycles. The lowest BCUT2D eigenvalue weighted by molar-refractivity contribution is 0.289. The molecule has 230 valence electrons. The molecule has 9 rings (SSSR count). The average molecular weight is 613 g/mol. The van der Waals surface area contributed by atoms with Gasteiger partial charge in [0, 0.05) is 35.6 Å². The fraction of sp³-hybridized carbons (Fsp3) is 0.163. The van der Waals surface area contributed by atoms with Gasteiger partial charge in [0.1, 0.15) is 11.5 Å². The number of hydrogen-bond donors (Lipinski definition) is 0. The Kier molecular flexibility index (Phi) is 6.39. The van der Waals surface area contributed by atoms with E-state index < -0.39 is 5.41 Å². The van der Waals surface area contributed by atoms with Crippen molar-refractivity contribution in [1.82, 2.24) is 0 Å². The summed E-state index contributed by atoms with van der Waals surface area (Å²) in [6, 6.07) is 49.1. The van der Waals surface area contributed by atoms with Gasteiger partial charge in [0.2, 0.25) is 0 Å². The molecule has 0 radical (unpaired) electrons. The van der Waals surface area contributed by atoms with Crippen molar-refractivity contribution >= 4 is 11.4 Å². The van der Waals surface area contributed by atoms with Gasteiger partial charge in [-0.2, -0.15) is 0 Å². The van der Waals surface area contributed by atoms with Crippen molar-refractivity contribution in [3.63, 3.8) is 0 Å². The number of anilines is 2. The molecule has 0 aromatic heterocycles. The summed E-state index contributed by atoms with van der Waals surface area (Å²) in [5.74, 6) is 1.97. The predicted molar refractivity (Wildman–Crippen MR) is 189 cm³/mol. The first-order valence-electron chi connectivity index (χ1n) is 16.4. The zero-order valence-corrected chi connectivity index (χ0v) is 26.7. The first-order chi connectivity index (χ1) is 23.1. The third-order valence-corrected chi connectivity index (χ3v) is 10.2. The fourth-order valence-corrected chi connectivity index (χ4v) is 7.94. The number of ether oxygens (including phenoxy) is 2. The number of hydrogen-bond acceptors (Lipinski definition) is 4. The van der Waals surface area contributed by atoms with Crippen molar-refractivity contribution < 1.29 is 9.47 Å². The van der Waals surface area contributed by atoms with Crippen LogP contribution in [0.1, 0.15) is 44.5 Å². The molecule has 0 spiro atoms. The van der Waals surface area contributed by atoms with Crippen molar-refractivity contribution in [2.45, 2.75) is 32.4 Å². The van der Waals surface area contributed by atoms with E-state index in [9.17, 15) is 0 Å². The highest BCUT2D eigenvalue weighted by atomic mass is 16.5. The van der Waals surface area contributed by atoms with E-state index in [2.05, 4.69) is 157 Å². The van der Waals surface area contributed by atoms with Crippen LogP contribution in [0.4, 0.5) is 11.4 Å². The Hall–Kier alpha value is -5.48. The van der Waals surface area contributed by atoms with Crippen molar-refractivity contribution in [3.8, 4) is 22.6 Å². The number of nitrogens with zero attached hydrogens (tertiary/aromatic N) is 2. The van der Waals surface area contributed by atoms with E-state index in [1.165, 1.54) is 55.6 Å². The molecule has 4 heteroatoms. The molecule has 4 nitrogen and oxygen atoms in total. The van der Waals surface area contributed by atoms with Gasteiger partial charge in [0.15, 0.2) is 13.5 Å². The predicted octanol–water partition coefficient (Wildman–Crippen LogP) is 9.38. The molecular weight excluding hydrogens is 576 g/mol. The number of benzene rings is 6. The minimum Gasteiger partial charge on any atom is -0.473 e. The summed E-state index contributed by atoms with van der Waals surface area (Å²) in [4.78, 5) is 4.62. The van der Waals surface area contributed by atoms with Gasteiger partial charge in [-0.1, -0.05) is 108 Å². The van der Waals surface area contributed by atoms with Gasteiger partial charge in [0.05, 0.1) is 5.41 Å². The molecule has 47 heavy (non-hydrogen) atoms. The Morgan fingerprint density at radius 1 is 0.489 bits per heavy atom. The SMILES string of the molecule is Cc1ccc2c(c1)CN(c1ccc(C3(c4ccc(N5COc6ccc(C)cc6C5)cc4)c4ccccc4-c4ccccc43)cc1)CO2. The van der Waals surface area contributed by atoms with Crippen LogP contribution in [0, 0.1) is 13.8 Å². The van der Waals surface area contributed by atoms with E-state index in [0.717, 1.165) is 36.0 Å². The Labute approximate surface area is 276 Å². The second-order valence-electron chi connectivity index (χ2n) is 13.1. The van der Waals surface area contributed by atoms with Gasteiger partial charge in [-0.3, -0.25) is 0 Å². The van der Waals surface area contributed by atoms with Gasteiger partial charge >= 0.3 is 0 Å². The third-order valence-electron chi connectivity index (χ3n) is 10.2. The number of rotatable bonds is 4. The van der Waals surface area contributed by atoms with Crippen LogP contribution in [-0.2, 0) is 18.5 Å². The first-order valence-corrected chi connectivity index (χ1v) is 16.4. The smallest absolute Gasteiger partial charge is 0.161 e. The van der Waals surface area contributed by atoms with Crippen LogP contribution in [0.5, 0.6) is 11.5 Å². The van der Waals surface area contributed by atoms with Crippen molar-refractivity contribution in [2.75, 3.05) is 23.3 Å². The van der Waals surface area contributed by atoms with Crippen LogP contribution in [0.3, 0.4) is 0 Å². The summed E-state index contributed by atoms with van der Waals surface area (Å²) < 4.78 is 12.3. The van der Waals surface area contributed by atoms with E-state index >= 15 is 0 Å². The molecule has 0 bridgehead atoms. The highest BCUT2D eigenvalue weighted by Crippen LogP contribution is 2.56. The lowest BCUT2D eigenvalue weighted by Crippen LogP contribution is -2.33. The van der Waals surface area contributed by atoms with Gasteiger partial charge in [-0.05, 0) is 83.6 Å².